The van der Waals surface area contributed by atoms with Crippen molar-refractivity contribution in [3.63, 3.8) is 0 Å². The van der Waals surface area contributed by atoms with E-state index in [4.69, 9.17) is 10.2 Å². The summed E-state index contributed by atoms with van der Waals surface area (Å²) >= 11 is 3.24. The van der Waals surface area contributed by atoms with Crippen LogP contribution in [0, 0.1) is 0 Å². The van der Waals surface area contributed by atoms with Gasteiger partial charge in [0.2, 0.25) is 0 Å². The van der Waals surface area contributed by atoms with Crippen molar-refractivity contribution in [1.82, 2.24) is 5.32 Å². The second-order valence-electron chi connectivity index (χ2n) is 3.41. The van der Waals surface area contributed by atoms with Crippen LogP contribution in [0.4, 0.5) is 0 Å². The Balaban J connectivity index is 2.43. The molecule has 0 aliphatic rings. The zero-order chi connectivity index (χ0) is 12.8. The van der Waals surface area contributed by atoms with Crippen LogP contribution in [-0.2, 0) is 4.79 Å². The first kappa shape index (κ1) is 13.7. The molecule has 0 unspecified atom stereocenters. The molecule has 0 heterocycles. The molecule has 1 atom stereocenters. The number of carbonyl (C=O) groups is 2. The summed E-state index contributed by atoms with van der Waals surface area (Å²) in [7, 11) is 0. The minimum absolute atomic E-state index is 0.0188. The maximum Gasteiger partial charge on any atom is 0.332 e. The van der Waals surface area contributed by atoms with Crippen LogP contribution < -0.4 is 5.32 Å². The van der Waals surface area contributed by atoms with E-state index >= 15 is 0 Å². The Morgan fingerprint density at radius 2 is 2.12 bits per heavy atom. The van der Waals surface area contributed by atoms with Gasteiger partial charge in [0.05, 0.1) is 0 Å². The van der Waals surface area contributed by atoms with Gasteiger partial charge in [-0.25, -0.2) is 4.79 Å². The van der Waals surface area contributed by atoms with Crippen LogP contribution in [0.2, 0.25) is 0 Å². The smallest absolute Gasteiger partial charge is 0.332 e. The number of amides is 1. The molecule has 0 spiro atoms. The molecular weight excluding hydrogens is 290 g/mol. The van der Waals surface area contributed by atoms with Crippen LogP contribution in [0.1, 0.15) is 16.8 Å². The number of hydrogen-bond donors (Lipinski definition) is 3. The molecule has 17 heavy (non-hydrogen) atoms. The molecule has 0 aliphatic heterocycles. The monoisotopic (exact) mass is 301 g/mol. The van der Waals surface area contributed by atoms with Gasteiger partial charge >= 0.3 is 5.97 Å². The van der Waals surface area contributed by atoms with Gasteiger partial charge in [-0.05, 0) is 18.2 Å². The molecule has 0 saturated heterocycles. The van der Waals surface area contributed by atoms with Crippen LogP contribution in [0.25, 0.3) is 0 Å². The number of nitrogens with one attached hydrogen (secondary N) is 1. The number of aliphatic carboxylic acids is 1. The van der Waals surface area contributed by atoms with Crippen molar-refractivity contribution in [2.24, 2.45) is 0 Å². The quantitative estimate of drug-likeness (QED) is 0.758. The molecule has 0 radical (unpaired) electrons. The molecule has 0 saturated carbocycles. The standard InChI is InChI=1S/C11H12BrNO4/c12-8-3-1-2-7(6-8)10(15)13-5-4-9(14)11(16)17/h1-3,6,9,14H,4-5H2,(H,13,15)(H,16,17)/t9-/m0/s1. The average molecular weight is 302 g/mol. The van der Waals surface area contributed by atoms with E-state index in [-0.39, 0.29) is 18.9 Å². The number of aliphatic hydroxyl groups excluding tert-OH is 1. The van der Waals surface area contributed by atoms with Gasteiger partial charge in [-0.1, -0.05) is 22.0 Å². The highest BCUT2D eigenvalue weighted by Crippen LogP contribution is 2.11. The molecule has 6 heteroatoms. The maximum atomic E-state index is 11.6. The fourth-order valence-electron chi connectivity index (χ4n) is 1.18. The number of aliphatic hydroxyl groups is 1. The van der Waals surface area contributed by atoms with Gasteiger partial charge in [0.25, 0.3) is 5.91 Å². The Labute approximate surface area is 107 Å². The fourth-order valence-corrected chi connectivity index (χ4v) is 1.58. The van der Waals surface area contributed by atoms with E-state index in [0.717, 1.165) is 4.47 Å². The maximum absolute atomic E-state index is 11.6. The summed E-state index contributed by atoms with van der Waals surface area (Å²) in [6, 6.07) is 6.83. The molecule has 5 nitrogen and oxygen atoms in total. The molecule has 0 bridgehead atoms. The summed E-state index contributed by atoms with van der Waals surface area (Å²) in [6.45, 7) is 0.110. The van der Waals surface area contributed by atoms with Gasteiger partial charge in [0.15, 0.2) is 6.10 Å². The van der Waals surface area contributed by atoms with Crippen molar-refractivity contribution in [1.29, 1.82) is 0 Å². The first-order valence-corrected chi connectivity index (χ1v) is 5.74. The normalized spacial score (nSPS) is 11.9. The Bertz CT molecular complexity index is 422. The molecule has 3 N–H and O–H groups in total. The lowest BCUT2D eigenvalue weighted by Gasteiger charge is -2.07. The predicted octanol–water partition coefficient (Wildman–Crippen LogP) is 1.01. The summed E-state index contributed by atoms with van der Waals surface area (Å²) in [4.78, 5) is 21.9. The van der Waals surface area contributed by atoms with E-state index in [1.807, 2.05) is 0 Å². The zero-order valence-corrected chi connectivity index (χ0v) is 10.5. The number of benzene rings is 1. The molecule has 0 fully saturated rings. The summed E-state index contributed by atoms with van der Waals surface area (Å²) in [5, 5.41) is 20.0. The Morgan fingerprint density at radius 1 is 1.41 bits per heavy atom. The van der Waals surface area contributed by atoms with Gasteiger partial charge in [0, 0.05) is 23.0 Å². The number of halogens is 1. The van der Waals surface area contributed by atoms with Crippen LogP contribution >= 0.6 is 15.9 Å². The topological polar surface area (TPSA) is 86.6 Å². The minimum atomic E-state index is -1.45. The molecule has 1 amide bonds. The number of carbonyl (C=O) groups excluding carboxylic acids is 1. The summed E-state index contributed by atoms with van der Waals surface area (Å²) in [5.74, 6) is -1.59. The lowest BCUT2D eigenvalue weighted by Crippen LogP contribution is -2.30. The molecule has 1 aromatic rings. The highest BCUT2D eigenvalue weighted by atomic mass is 79.9. The van der Waals surface area contributed by atoms with Gasteiger partial charge in [-0.2, -0.15) is 0 Å². The van der Waals surface area contributed by atoms with E-state index in [0.29, 0.717) is 5.56 Å². The summed E-state index contributed by atoms with van der Waals surface area (Å²) in [6.07, 6.45) is -1.47. The van der Waals surface area contributed by atoms with Gasteiger partial charge in [-0.3, -0.25) is 4.79 Å². The summed E-state index contributed by atoms with van der Waals surface area (Å²) in [5.41, 5.74) is 0.476. The number of rotatable bonds is 5. The van der Waals surface area contributed by atoms with Crippen LogP contribution in [0.15, 0.2) is 28.7 Å². The Hall–Kier alpha value is -1.40. The summed E-state index contributed by atoms with van der Waals surface area (Å²) < 4.78 is 0.788. The fraction of sp³-hybridized carbons (Fsp3) is 0.273. The first-order chi connectivity index (χ1) is 8.00. The van der Waals surface area contributed by atoms with Crippen molar-refractivity contribution in [3.05, 3.63) is 34.3 Å². The number of hydrogen-bond acceptors (Lipinski definition) is 3. The van der Waals surface area contributed by atoms with Crippen molar-refractivity contribution in [2.75, 3.05) is 6.54 Å². The second-order valence-corrected chi connectivity index (χ2v) is 4.32. The minimum Gasteiger partial charge on any atom is -0.479 e. The van der Waals surface area contributed by atoms with Crippen molar-refractivity contribution in [3.8, 4) is 0 Å². The molecule has 92 valence electrons. The van der Waals surface area contributed by atoms with E-state index < -0.39 is 12.1 Å². The first-order valence-electron chi connectivity index (χ1n) is 4.95. The van der Waals surface area contributed by atoms with Crippen LogP contribution in [-0.4, -0.2) is 34.7 Å². The predicted molar refractivity (Wildman–Crippen MR) is 64.7 cm³/mol. The van der Waals surface area contributed by atoms with E-state index in [2.05, 4.69) is 21.2 Å². The third kappa shape index (κ3) is 4.54. The van der Waals surface area contributed by atoms with Gasteiger partial charge in [-0.15, -0.1) is 0 Å². The van der Waals surface area contributed by atoms with Crippen molar-refractivity contribution in [2.45, 2.75) is 12.5 Å². The molecule has 0 aliphatic carbocycles. The van der Waals surface area contributed by atoms with Crippen LogP contribution in [0.3, 0.4) is 0 Å². The van der Waals surface area contributed by atoms with Crippen LogP contribution in [0.5, 0.6) is 0 Å². The highest BCUT2D eigenvalue weighted by Gasteiger charge is 2.13. The molecule has 0 aromatic heterocycles. The lowest BCUT2D eigenvalue weighted by molar-refractivity contribution is -0.146. The average Bonchev–Trinajstić information content (AvgIpc) is 2.28. The van der Waals surface area contributed by atoms with Crippen molar-refractivity contribution >= 4 is 27.8 Å². The molecule has 1 rings (SSSR count). The molecule has 1 aromatic carbocycles. The van der Waals surface area contributed by atoms with Gasteiger partial charge < -0.3 is 15.5 Å². The third-order valence-corrected chi connectivity index (χ3v) is 2.57. The molecular formula is C11H12BrNO4. The number of carboxylic acid groups (broad SMARTS) is 1. The zero-order valence-electron chi connectivity index (χ0n) is 8.89. The SMILES string of the molecule is O=C(NCC[C@H](O)C(=O)O)c1cccc(Br)c1. The Morgan fingerprint density at radius 3 is 2.71 bits per heavy atom. The Kier molecular flexibility index (Phi) is 5.11. The van der Waals surface area contributed by atoms with Crippen molar-refractivity contribution < 1.29 is 19.8 Å². The second kappa shape index (κ2) is 6.36. The highest BCUT2D eigenvalue weighted by molar-refractivity contribution is 9.10. The van der Waals surface area contributed by atoms with E-state index in [1.54, 1.807) is 24.3 Å². The number of carboxylic acids is 1. The third-order valence-electron chi connectivity index (χ3n) is 2.08. The lowest BCUT2D eigenvalue weighted by atomic mass is 10.2. The van der Waals surface area contributed by atoms with E-state index in [1.165, 1.54) is 0 Å². The van der Waals surface area contributed by atoms with E-state index in [9.17, 15) is 9.59 Å². The largest absolute Gasteiger partial charge is 0.479 e. The van der Waals surface area contributed by atoms with Gasteiger partial charge in [0.1, 0.15) is 0 Å².